The van der Waals surface area contributed by atoms with Crippen LogP contribution in [-0.2, 0) is 29.8 Å². The van der Waals surface area contributed by atoms with Gasteiger partial charge in [-0.15, -0.1) is 0 Å². The number of rotatable bonds is 6. The van der Waals surface area contributed by atoms with Gasteiger partial charge in [0.05, 0.1) is 13.2 Å². The zero-order valence-corrected chi connectivity index (χ0v) is 8.03. The van der Waals surface area contributed by atoms with E-state index in [1.54, 1.807) is 0 Å². The van der Waals surface area contributed by atoms with E-state index in [0.29, 0.717) is 0 Å². The Morgan fingerprint density at radius 1 is 1.23 bits per heavy atom. The predicted molar refractivity (Wildman–Crippen MR) is 42.9 cm³/mol. The normalized spacial score (nSPS) is 12.8. The fourth-order valence-corrected chi connectivity index (χ4v) is 0.824. The Morgan fingerprint density at radius 2 is 1.77 bits per heavy atom. The zero-order chi connectivity index (χ0) is 10.3. The minimum Gasteiger partial charge on any atom is -0.268 e. The highest BCUT2D eigenvalue weighted by Gasteiger charge is 1.99. The van der Waals surface area contributed by atoms with Crippen molar-refractivity contribution in [3.8, 4) is 0 Å². The molecular weight excluding hydrogens is 224 g/mol. The number of thiol groups is 1. The zero-order valence-electron chi connectivity index (χ0n) is 6.32. The van der Waals surface area contributed by atoms with Crippen LogP contribution in [0.5, 0.6) is 0 Å². The second-order valence-corrected chi connectivity index (χ2v) is 3.50. The fraction of sp³-hybridized carbons (Fsp3) is 0.500. The van der Waals surface area contributed by atoms with E-state index < -0.39 is 21.4 Å². The smallest absolute Gasteiger partial charge is 0.268 e. The molecule has 0 aromatic heterocycles. The van der Waals surface area contributed by atoms with Crippen molar-refractivity contribution in [2.45, 2.75) is 0 Å². The molecule has 0 saturated carbocycles. The van der Waals surface area contributed by atoms with Crippen LogP contribution in [-0.4, -0.2) is 34.6 Å². The van der Waals surface area contributed by atoms with Gasteiger partial charge in [-0.25, -0.2) is 12.6 Å². The van der Waals surface area contributed by atoms with Crippen LogP contribution in [0.3, 0.4) is 0 Å². The average Bonchev–Trinajstić information content (AvgIpc) is 1.93. The molecule has 0 fully saturated rings. The Labute approximate surface area is 77.1 Å². The van der Waals surface area contributed by atoms with E-state index in [4.69, 9.17) is 4.55 Å². The van der Waals surface area contributed by atoms with Gasteiger partial charge in [-0.2, -0.15) is 8.42 Å². The van der Waals surface area contributed by atoms with Crippen LogP contribution in [0.25, 0.3) is 0 Å². The lowest BCUT2D eigenvalue weighted by atomic mass is 10.5. The van der Waals surface area contributed by atoms with E-state index in [-0.39, 0.29) is 13.2 Å². The van der Waals surface area contributed by atoms with Crippen molar-refractivity contribution in [3.05, 3.63) is 12.2 Å². The van der Waals surface area contributed by atoms with Gasteiger partial charge in [0.2, 0.25) is 0 Å². The van der Waals surface area contributed by atoms with Gasteiger partial charge in [0, 0.05) is 0 Å². The first-order valence-electron chi connectivity index (χ1n) is 2.96. The van der Waals surface area contributed by atoms with Gasteiger partial charge >= 0.3 is 10.4 Å². The second kappa shape index (κ2) is 6.05. The molecule has 7 nitrogen and oxygen atoms in total. The van der Waals surface area contributed by atoms with Gasteiger partial charge < -0.3 is 0 Å². The van der Waals surface area contributed by atoms with E-state index in [1.165, 1.54) is 12.2 Å². The van der Waals surface area contributed by atoms with Gasteiger partial charge in [-0.05, 0) is 0 Å². The third kappa shape index (κ3) is 11.5. The molecule has 0 bridgehead atoms. The molecule has 0 aromatic rings. The Morgan fingerprint density at radius 3 is 2.23 bits per heavy atom. The molecule has 0 heterocycles. The van der Waals surface area contributed by atoms with Gasteiger partial charge in [0.15, 0.2) is 0 Å². The lowest BCUT2D eigenvalue weighted by Gasteiger charge is -1.92. The molecule has 0 aromatic carbocycles. The summed E-state index contributed by atoms with van der Waals surface area (Å²) in [6.45, 7) is -0.578. The van der Waals surface area contributed by atoms with Crippen LogP contribution >= 0.6 is 0 Å². The number of hydrogen-bond acceptors (Lipinski definition) is 6. The Bertz CT molecular complexity index is 316. The van der Waals surface area contributed by atoms with E-state index in [0.717, 1.165) is 0 Å². The van der Waals surface area contributed by atoms with Crippen molar-refractivity contribution in [1.82, 2.24) is 0 Å². The predicted octanol–water partition coefficient (Wildman–Crippen LogP) is -1.09. The quantitative estimate of drug-likeness (QED) is 0.340. The third-order valence-electron chi connectivity index (χ3n) is 0.756. The van der Waals surface area contributed by atoms with Crippen LogP contribution < -0.4 is 0 Å². The van der Waals surface area contributed by atoms with Crippen molar-refractivity contribution in [1.29, 1.82) is 0 Å². The molecule has 78 valence electrons. The molecule has 0 atom stereocenters. The first-order chi connectivity index (χ1) is 5.92. The van der Waals surface area contributed by atoms with E-state index in [9.17, 15) is 16.8 Å². The van der Waals surface area contributed by atoms with Crippen LogP contribution in [0.15, 0.2) is 12.2 Å². The SMILES string of the molecule is O=[SH](=O)OC/C=C/COS(=O)(=O)O. The van der Waals surface area contributed by atoms with Crippen LogP contribution in [0.4, 0.5) is 0 Å². The maximum Gasteiger partial charge on any atom is 0.397 e. The topological polar surface area (TPSA) is 107 Å². The van der Waals surface area contributed by atoms with Gasteiger partial charge in [0.1, 0.15) is 0 Å². The van der Waals surface area contributed by atoms with Crippen LogP contribution in [0.1, 0.15) is 0 Å². The Balaban J connectivity index is 3.54. The second-order valence-electron chi connectivity index (χ2n) is 1.70. The summed E-state index contributed by atoms with van der Waals surface area (Å²) in [5, 5.41) is 0. The molecule has 0 unspecified atom stereocenters. The van der Waals surface area contributed by atoms with Crippen LogP contribution in [0, 0.1) is 0 Å². The van der Waals surface area contributed by atoms with Gasteiger partial charge in [-0.1, -0.05) is 12.2 Å². The lowest BCUT2D eigenvalue weighted by Crippen LogP contribution is -2.03. The van der Waals surface area contributed by atoms with E-state index in [2.05, 4.69) is 8.37 Å². The summed E-state index contributed by atoms with van der Waals surface area (Å²) >= 11 is 0. The Hall–Kier alpha value is -0.480. The van der Waals surface area contributed by atoms with Gasteiger partial charge in [-0.3, -0.25) is 8.74 Å². The summed E-state index contributed by atoms with van der Waals surface area (Å²) < 4.78 is 55.5. The minimum atomic E-state index is -4.44. The highest BCUT2D eigenvalue weighted by molar-refractivity contribution is 7.80. The minimum absolute atomic E-state index is 0.201. The molecule has 0 amide bonds. The molecule has 0 aliphatic carbocycles. The standard InChI is InChI=1S/C4H8O7S2/c5-12(6)10-3-1-2-4-11-13(7,8)9/h1-2,12H,3-4H2,(H,7,8,9)/b2-1+. The molecule has 0 rings (SSSR count). The maximum atomic E-state index is 9.94. The highest BCUT2D eigenvalue weighted by atomic mass is 32.3. The van der Waals surface area contributed by atoms with Crippen molar-refractivity contribution < 1.29 is 29.8 Å². The maximum absolute atomic E-state index is 9.94. The van der Waals surface area contributed by atoms with Crippen molar-refractivity contribution in [3.63, 3.8) is 0 Å². The molecule has 9 heteroatoms. The fourth-order valence-electron chi connectivity index (χ4n) is 0.365. The van der Waals surface area contributed by atoms with Crippen molar-refractivity contribution in [2.24, 2.45) is 0 Å². The third-order valence-corrected chi connectivity index (χ3v) is 1.55. The van der Waals surface area contributed by atoms with E-state index in [1.807, 2.05) is 0 Å². The number of hydrogen-bond donors (Lipinski definition) is 2. The van der Waals surface area contributed by atoms with Crippen molar-refractivity contribution >= 4 is 21.4 Å². The Kier molecular flexibility index (Phi) is 5.82. The molecule has 0 aliphatic rings. The summed E-state index contributed by atoms with van der Waals surface area (Å²) in [7, 11) is -7.34. The van der Waals surface area contributed by atoms with Crippen molar-refractivity contribution in [2.75, 3.05) is 13.2 Å². The lowest BCUT2D eigenvalue weighted by molar-refractivity contribution is 0.295. The summed E-state index contributed by atoms with van der Waals surface area (Å²) in [5.74, 6) is 0. The molecule has 0 aliphatic heterocycles. The highest BCUT2D eigenvalue weighted by Crippen LogP contribution is 1.86. The molecule has 1 N–H and O–H groups in total. The summed E-state index contributed by atoms with van der Waals surface area (Å²) in [4.78, 5) is 0. The molecular formula is C4H8O7S2. The summed E-state index contributed by atoms with van der Waals surface area (Å²) in [6.07, 6.45) is 2.42. The van der Waals surface area contributed by atoms with Crippen LogP contribution in [0.2, 0.25) is 0 Å². The molecule has 0 radical (unpaired) electrons. The van der Waals surface area contributed by atoms with E-state index >= 15 is 0 Å². The first-order valence-corrected chi connectivity index (χ1v) is 5.42. The first kappa shape index (κ1) is 12.5. The largest absolute Gasteiger partial charge is 0.397 e. The molecule has 0 spiro atoms. The average molecular weight is 232 g/mol. The van der Waals surface area contributed by atoms with Gasteiger partial charge in [0.25, 0.3) is 11.0 Å². The molecule has 13 heavy (non-hydrogen) atoms. The monoisotopic (exact) mass is 232 g/mol. The molecule has 0 saturated heterocycles. The summed E-state index contributed by atoms with van der Waals surface area (Å²) in [5.41, 5.74) is 0. The summed E-state index contributed by atoms with van der Waals surface area (Å²) in [6, 6.07) is 0.